The summed E-state index contributed by atoms with van der Waals surface area (Å²) in [7, 11) is 0. The zero-order valence-corrected chi connectivity index (χ0v) is 13.4. The molecule has 0 unspecified atom stereocenters. The van der Waals surface area contributed by atoms with E-state index in [2.05, 4.69) is 31.0 Å². The number of piperidine rings is 1. The molecule has 19 heavy (non-hydrogen) atoms. The first kappa shape index (κ1) is 16.3. The minimum Gasteiger partial charge on any atom is -0.444 e. The van der Waals surface area contributed by atoms with Crippen LogP contribution in [0.2, 0.25) is 0 Å². The van der Waals surface area contributed by atoms with Crippen molar-refractivity contribution in [2.24, 2.45) is 5.41 Å². The smallest absolute Gasteiger partial charge is 0.407 e. The number of alkyl carbamates (subject to hydrolysis) is 1. The van der Waals surface area contributed by atoms with Crippen LogP contribution in [0.1, 0.15) is 54.4 Å². The molecule has 4 nitrogen and oxygen atoms in total. The van der Waals surface area contributed by atoms with Crippen LogP contribution >= 0.6 is 0 Å². The molecule has 1 N–H and O–H groups in total. The van der Waals surface area contributed by atoms with E-state index in [1.807, 2.05) is 20.8 Å². The van der Waals surface area contributed by atoms with Crippen molar-refractivity contribution in [1.29, 1.82) is 0 Å². The molecule has 0 spiro atoms. The van der Waals surface area contributed by atoms with Crippen LogP contribution in [-0.2, 0) is 4.74 Å². The molecular formula is C15H30N2O2. The molecule has 1 fully saturated rings. The Bertz CT molecular complexity index is 294. The highest BCUT2D eigenvalue weighted by atomic mass is 16.6. The molecule has 1 aliphatic rings. The van der Waals surface area contributed by atoms with Crippen molar-refractivity contribution < 1.29 is 9.53 Å². The van der Waals surface area contributed by atoms with E-state index in [1.165, 1.54) is 0 Å². The number of rotatable bonds is 2. The number of nitrogens with one attached hydrogen (secondary N) is 1. The normalized spacial score (nSPS) is 19.3. The summed E-state index contributed by atoms with van der Waals surface area (Å²) in [4.78, 5) is 14.2. The maximum atomic E-state index is 11.7. The molecule has 0 aromatic heterocycles. The minimum atomic E-state index is -0.420. The highest BCUT2D eigenvalue weighted by Gasteiger charge is 2.25. The van der Waals surface area contributed by atoms with Gasteiger partial charge in [-0.05, 0) is 39.0 Å². The van der Waals surface area contributed by atoms with Crippen molar-refractivity contribution in [2.75, 3.05) is 19.6 Å². The third kappa shape index (κ3) is 7.41. The van der Waals surface area contributed by atoms with Crippen LogP contribution in [0.25, 0.3) is 0 Å². The summed E-state index contributed by atoms with van der Waals surface area (Å²) in [5.74, 6) is 0. The number of carbonyl (C=O) groups is 1. The number of carbonyl (C=O) groups excluding carboxylic acids is 1. The second kappa shape index (κ2) is 6.12. The third-order valence-electron chi connectivity index (χ3n) is 3.01. The number of nitrogens with zero attached hydrogens (tertiary/aromatic N) is 1. The number of hydrogen-bond donors (Lipinski definition) is 1. The summed E-state index contributed by atoms with van der Waals surface area (Å²) in [6.45, 7) is 15.7. The Hall–Kier alpha value is -0.770. The molecule has 0 aliphatic carbocycles. The van der Waals surface area contributed by atoms with Gasteiger partial charge in [-0.25, -0.2) is 4.79 Å². The first-order valence-electron chi connectivity index (χ1n) is 7.27. The molecular weight excluding hydrogens is 240 g/mol. The zero-order chi connectivity index (χ0) is 14.7. The van der Waals surface area contributed by atoms with Gasteiger partial charge in [0.15, 0.2) is 0 Å². The summed E-state index contributed by atoms with van der Waals surface area (Å²) >= 11 is 0. The van der Waals surface area contributed by atoms with E-state index in [0.717, 1.165) is 32.5 Å². The predicted molar refractivity (Wildman–Crippen MR) is 78.3 cm³/mol. The van der Waals surface area contributed by atoms with Crippen molar-refractivity contribution in [3.63, 3.8) is 0 Å². The van der Waals surface area contributed by atoms with Crippen LogP contribution in [0.5, 0.6) is 0 Å². The maximum absolute atomic E-state index is 11.7. The SMILES string of the molecule is CC(C)(C)CN1CCC(NC(=O)OC(C)(C)C)CC1. The summed E-state index contributed by atoms with van der Waals surface area (Å²) < 4.78 is 5.28. The van der Waals surface area contributed by atoms with Crippen molar-refractivity contribution in [2.45, 2.75) is 66.0 Å². The van der Waals surface area contributed by atoms with E-state index >= 15 is 0 Å². The summed E-state index contributed by atoms with van der Waals surface area (Å²) in [5, 5.41) is 2.97. The fraction of sp³-hybridized carbons (Fsp3) is 0.933. The van der Waals surface area contributed by atoms with E-state index in [9.17, 15) is 4.79 Å². The van der Waals surface area contributed by atoms with Crippen LogP contribution in [0.4, 0.5) is 4.79 Å². The van der Waals surface area contributed by atoms with Crippen LogP contribution in [-0.4, -0.2) is 42.3 Å². The molecule has 0 radical (unpaired) electrons. The standard InChI is InChI=1S/C15H30N2O2/c1-14(2,3)11-17-9-7-12(8-10-17)16-13(18)19-15(4,5)6/h12H,7-11H2,1-6H3,(H,16,18). The Morgan fingerprint density at radius 1 is 1.16 bits per heavy atom. The van der Waals surface area contributed by atoms with Gasteiger partial charge in [0.2, 0.25) is 0 Å². The quantitative estimate of drug-likeness (QED) is 0.838. The first-order chi connectivity index (χ1) is 8.55. The van der Waals surface area contributed by atoms with Gasteiger partial charge >= 0.3 is 6.09 Å². The average molecular weight is 270 g/mol. The van der Waals surface area contributed by atoms with Crippen LogP contribution in [0.15, 0.2) is 0 Å². The molecule has 0 aromatic carbocycles. The van der Waals surface area contributed by atoms with Crippen molar-refractivity contribution in [3.05, 3.63) is 0 Å². The molecule has 4 heteroatoms. The number of ether oxygens (including phenoxy) is 1. The van der Waals surface area contributed by atoms with E-state index in [0.29, 0.717) is 5.41 Å². The molecule has 112 valence electrons. The predicted octanol–water partition coefficient (Wildman–Crippen LogP) is 3.02. The second-order valence-electron chi connectivity index (χ2n) is 7.76. The molecule has 1 amide bonds. The summed E-state index contributed by atoms with van der Waals surface area (Å²) in [5.41, 5.74) is -0.0809. The molecule has 0 saturated carbocycles. The first-order valence-corrected chi connectivity index (χ1v) is 7.27. The van der Waals surface area contributed by atoms with Crippen LogP contribution in [0, 0.1) is 5.41 Å². The minimum absolute atomic E-state index is 0.256. The average Bonchev–Trinajstić information content (AvgIpc) is 2.15. The van der Waals surface area contributed by atoms with Crippen molar-refractivity contribution >= 4 is 6.09 Å². The number of amides is 1. The molecule has 1 rings (SSSR count). The van der Waals surface area contributed by atoms with Gasteiger partial charge in [0.1, 0.15) is 5.60 Å². The Morgan fingerprint density at radius 3 is 2.11 bits per heavy atom. The Kier molecular flexibility index (Phi) is 5.25. The lowest BCUT2D eigenvalue weighted by molar-refractivity contribution is 0.0471. The van der Waals surface area contributed by atoms with Gasteiger partial charge in [-0.3, -0.25) is 0 Å². The summed E-state index contributed by atoms with van der Waals surface area (Å²) in [6.07, 6.45) is 1.73. The topological polar surface area (TPSA) is 41.6 Å². The maximum Gasteiger partial charge on any atom is 0.407 e. The highest BCUT2D eigenvalue weighted by molar-refractivity contribution is 5.68. The number of hydrogen-bond acceptors (Lipinski definition) is 3. The monoisotopic (exact) mass is 270 g/mol. The second-order valence-corrected chi connectivity index (χ2v) is 7.76. The van der Waals surface area contributed by atoms with Crippen LogP contribution < -0.4 is 5.32 Å². The van der Waals surface area contributed by atoms with Crippen molar-refractivity contribution in [1.82, 2.24) is 10.2 Å². The Morgan fingerprint density at radius 2 is 1.68 bits per heavy atom. The Labute approximate surface area is 117 Å². The van der Waals surface area contributed by atoms with Crippen LogP contribution in [0.3, 0.4) is 0 Å². The summed E-state index contributed by atoms with van der Waals surface area (Å²) in [6, 6.07) is 0.256. The molecule has 0 atom stereocenters. The van der Waals surface area contributed by atoms with E-state index in [4.69, 9.17) is 4.74 Å². The van der Waals surface area contributed by atoms with E-state index in [-0.39, 0.29) is 12.1 Å². The molecule has 1 heterocycles. The van der Waals surface area contributed by atoms with Gasteiger partial charge in [0, 0.05) is 25.7 Å². The third-order valence-corrected chi connectivity index (χ3v) is 3.01. The lowest BCUT2D eigenvalue weighted by atomic mass is 9.94. The van der Waals surface area contributed by atoms with Gasteiger partial charge in [-0.2, -0.15) is 0 Å². The van der Waals surface area contributed by atoms with Gasteiger partial charge in [0.25, 0.3) is 0 Å². The van der Waals surface area contributed by atoms with Crippen molar-refractivity contribution in [3.8, 4) is 0 Å². The van der Waals surface area contributed by atoms with Gasteiger partial charge < -0.3 is 15.0 Å². The lowest BCUT2D eigenvalue weighted by Crippen LogP contribution is -2.47. The fourth-order valence-electron chi connectivity index (χ4n) is 2.38. The van der Waals surface area contributed by atoms with E-state index in [1.54, 1.807) is 0 Å². The fourth-order valence-corrected chi connectivity index (χ4v) is 2.38. The zero-order valence-electron chi connectivity index (χ0n) is 13.4. The van der Waals surface area contributed by atoms with Gasteiger partial charge in [-0.1, -0.05) is 20.8 Å². The number of likely N-dealkylation sites (tertiary alicyclic amines) is 1. The van der Waals surface area contributed by atoms with E-state index < -0.39 is 5.60 Å². The van der Waals surface area contributed by atoms with Gasteiger partial charge in [0.05, 0.1) is 0 Å². The molecule has 1 saturated heterocycles. The largest absolute Gasteiger partial charge is 0.444 e. The van der Waals surface area contributed by atoms with Gasteiger partial charge in [-0.15, -0.1) is 0 Å². The molecule has 0 aromatic rings. The Balaban J connectivity index is 2.29. The lowest BCUT2D eigenvalue weighted by Gasteiger charge is -2.36. The molecule has 1 aliphatic heterocycles. The molecule has 0 bridgehead atoms. The highest BCUT2D eigenvalue weighted by Crippen LogP contribution is 2.19.